The summed E-state index contributed by atoms with van der Waals surface area (Å²) >= 11 is 12.0. The van der Waals surface area contributed by atoms with E-state index in [1.165, 1.54) is 0 Å². The van der Waals surface area contributed by atoms with Gasteiger partial charge in [-0.1, -0.05) is 30.1 Å². The van der Waals surface area contributed by atoms with Gasteiger partial charge in [-0.2, -0.15) is 0 Å². The zero-order valence-electron chi connectivity index (χ0n) is 10.9. The summed E-state index contributed by atoms with van der Waals surface area (Å²) in [6.45, 7) is 5.18. The highest BCUT2D eigenvalue weighted by Gasteiger charge is 2.28. The second-order valence-corrected chi connectivity index (χ2v) is 5.49. The van der Waals surface area contributed by atoms with Crippen LogP contribution in [0.1, 0.15) is 23.7 Å². The number of halogens is 2. The molecule has 19 heavy (non-hydrogen) atoms. The minimum absolute atomic E-state index is 0.0895. The Morgan fingerprint density at radius 3 is 3.00 bits per heavy atom. The molecule has 1 aromatic rings. The Labute approximate surface area is 123 Å². The lowest BCUT2D eigenvalue weighted by Crippen LogP contribution is -2.46. The van der Waals surface area contributed by atoms with Gasteiger partial charge in [0.1, 0.15) is 6.10 Å². The molecule has 5 heteroatoms. The van der Waals surface area contributed by atoms with Gasteiger partial charge in [-0.15, -0.1) is 0 Å². The zero-order chi connectivity index (χ0) is 13.8. The smallest absolute Gasteiger partial charge is 0.194 e. The first kappa shape index (κ1) is 14.8. The van der Waals surface area contributed by atoms with Crippen LogP contribution in [0.5, 0.6) is 0 Å². The van der Waals surface area contributed by atoms with E-state index in [1.54, 1.807) is 18.2 Å². The molecule has 1 aliphatic rings. The first-order chi connectivity index (χ1) is 9.11. The Hall–Kier alpha value is -0.610. The number of hydrogen-bond acceptors (Lipinski definition) is 3. The first-order valence-corrected chi connectivity index (χ1v) is 7.20. The fourth-order valence-corrected chi connectivity index (χ4v) is 2.62. The topological polar surface area (TPSA) is 29.5 Å². The Bertz CT molecular complexity index is 463. The van der Waals surface area contributed by atoms with Crippen molar-refractivity contribution in [2.24, 2.45) is 0 Å². The van der Waals surface area contributed by atoms with Crippen LogP contribution in [0.15, 0.2) is 18.2 Å². The molecule has 3 nitrogen and oxygen atoms in total. The minimum Gasteiger partial charge on any atom is -0.367 e. The molecule has 2 rings (SSSR count). The molecule has 0 radical (unpaired) electrons. The molecule has 1 aromatic carbocycles. The molecule has 1 aliphatic heterocycles. The number of hydrogen-bond donors (Lipinski definition) is 0. The van der Waals surface area contributed by atoms with E-state index in [0.29, 0.717) is 28.8 Å². The molecule has 0 bridgehead atoms. The van der Waals surface area contributed by atoms with E-state index in [1.807, 2.05) is 0 Å². The van der Waals surface area contributed by atoms with Gasteiger partial charge in [0.2, 0.25) is 0 Å². The first-order valence-electron chi connectivity index (χ1n) is 6.45. The van der Waals surface area contributed by atoms with Gasteiger partial charge in [0, 0.05) is 23.7 Å². The number of rotatable bonds is 4. The van der Waals surface area contributed by atoms with Gasteiger partial charge < -0.3 is 4.74 Å². The van der Waals surface area contributed by atoms with Crippen LogP contribution in [0.2, 0.25) is 10.0 Å². The quantitative estimate of drug-likeness (QED) is 0.799. The molecule has 0 N–H and O–H groups in total. The number of nitrogens with zero attached hydrogens (tertiary/aromatic N) is 1. The van der Waals surface area contributed by atoms with E-state index in [0.717, 1.165) is 19.5 Å². The Morgan fingerprint density at radius 2 is 2.26 bits per heavy atom. The van der Waals surface area contributed by atoms with Gasteiger partial charge >= 0.3 is 0 Å². The van der Waals surface area contributed by atoms with Gasteiger partial charge in [-0.25, -0.2) is 0 Å². The van der Waals surface area contributed by atoms with Gasteiger partial charge in [0.25, 0.3) is 0 Å². The SMILES string of the molecule is CCCN1CCOC(C(=O)c2cc(Cl)ccc2Cl)C1. The lowest BCUT2D eigenvalue weighted by atomic mass is 10.0. The Balaban J connectivity index is 2.12. The summed E-state index contributed by atoms with van der Waals surface area (Å²) in [5, 5.41) is 0.930. The maximum atomic E-state index is 12.4. The highest BCUT2D eigenvalue weighted by Crippen LogP contribution is 2.23. The third-order valence-corrected chi connectivity index (χ3v) is 3.74. The van der Waals surface area contributed by atoms with Crippen LogP contribution in [0.25, 0.3) is 0 Å². The van der Waals surface area contributed by atoms with Crippen molar-refractivity contribution in [3.63, 3.8) is 0 Å². The van der Waals surface area contributed by atoms with Crippen molar-refractivity contribution >= 4 is 29.0 Å². The van der Waals surface area contributed by atoms with Crippen molar-refractivity contribution in [2.75, 3.05) is 26.2 Å². The summed E-state index contributed by atoms with van der Waals surface area (Å²) < 4.78 is 5.57. The number of carbonyl (C=O) groups excluding carboxylic acids is 1. The number of morpholine rings is 1. The number of benzene rings is 1. The molecule has 104 valence electrons. The average Bonchev–Trinajstić information content (AvgIpc) is 2.41. The normalized spacial score (nSPS) is 20.5. The molecule has 0 saturated carbocycles. The van der Waals surface area contributed by atoms with E-state index in [2.05, 4.69) is 11.8 Å². The second-order valence-electron chi connectivity index (χ2n) is 4.65. The van der Waals surface area contributed by atoms with Crippen LogP contribution >= 0.6 is 23.2 Å². The highest BCUT2D eigenvalue weighted by atomic mass is 35.5. The monoisotopic (exact) mass is 301 g/mol. The van der Waals surface area contributed by atoms with Crippen molar-refractivity contribution in [3.05, 3.63) is 33.8 Å². The predicted octanol–water partition coefficient (Wildman–Crippen LogP) is 3.29. The molecular formula is C14H17Cl2NO2. The number of ether oxygens (including phenoxy) is 1. The summed E-state index contributed by atoms with van der Waals surface area (Å²) in [5.74, 6) is -0.0895. The number of Topliss-reactive ketones (excluding diaryl/α,β-unsaturated/α-hetero) is 1. The van der Waals surface area contributed by atoms with Gasteiger partial charge in [-0.05, 0) is 31.2 Å². The molecule has 1 saturated heterocycles. The molecule has 1 fully saturated rings. The van der Waals surface area contributed by atoms with Crippen LogP contribution in [-0.4, -0.2) is 43.0 Å². The van der Waals surface area contributed by atoms with E-state index >= 15 is 0 Å². The average molecular weight is 302 g/mol. The lowest BCUT2D eigenvalue weighted by molar-refractivity contribution is -0.0163. The number of ketones is 1. The molecule has 0 aromatic heterocycles. The molecule has 0 amide bonds. The van der Waals surface area contributed by atoms with E-state index in [4.69, 9.17) is 27.9 Å². The summed E-state index contributed by atoms with van der Waals surface area (Å²) in [6.07, 6.45) is 0.620. The molecule has 1 heterocycles. The highest BCUT2D eigenvalue weighted by molar-refractivity contribution is 6.36. The summed E-state index contributed by atoms with van der Waals surface area (Å²) in [4.78, 5) is 14.7. The van der Waals surface area contributed by atoms with Crippen LogP contribution in [0, 0.1) is 0 Å². The standard InChI is InChI=1S/C14H17Cl2NO2/c1-2-5-17-6-7-19-13(9-17)14(18)11-8-10(15)3-4-12(11)16/h3-4,8,13H,2,5-7,9H2,1H3. The third-order valence-electron chi connectivity index (χ3n) is 3.18. The molecular weight excluding hydrogens is 285 g/mol. The zero-order valence-corrected chi connectivity index (χ0v) is 12.4. The third kappa shape index (κ3) is 3.69. The molecule has 0 spiro atoms. The lowest BCUT2D eigenvalue weighted by Gasteiger charge is -2.32. The number of carbonyl (C=O) groups is 1. The maximum absolute atomic E-state index is 12.4. The summed E-state index contributed by atoms with van der Waals surface area (Å²) in [7, 11) is 0. The minimum atomic E-state index is -0.448. The van der Waals surface area contributed by atoms with E-state index in [9.17, 15) is 4.79 Å². The second kappa shape index (κ2) is 6.71. The van der Waals surface area contributed by atoms with Crippen molar-refractivity contribution in [1.29, 1.82) is 0 Å². The fraction of sp³-hybridized carbons (Fsp3) is 0.500. The summed E-state index contributed by atoms with van der Waals surface area (Å²) in [6, 6.07) is 4.92. The fourth-order valence-electron chi connectivity index (χ4n) is 2.24. The van der Waals surface area contributed by atoms with Gasteiger partial charge in [0.05, 0.1) is 11.6 Å². The van der Waals surface area contributed by atoms with Crippen molar-refractivity contribution < 1.29 is 9.53 Å². The van der Waals surface area contributed by atoms with E-state index < -0.39 is 6.10 Å². The van der Waals surface area contributed by atoms with Crippen LogP contribution in [0.4, 0.5) is 0 Å². The van der Waals surface area contributed by atoms with Crippen molar-refractivity contribution in [1.82, 2.24) is 4.90 Å². The molecule has 0 aliphatic carbocycles. The summed E-state index contributed by atoms with van der Waals surface area (Å²) in [5.41, 5.74) is 0.442. The van der Waals surface area contributed by atoms with Gasteiger partial charge in [0.15, 0.2) is 5.78 Å². The molecule has 1 atom stereocenters. The van der Waals surface area contributed by atoms with Gasteiger partial charge in [-0.3, -0.25) is 9.69 Å². The van der Waals surface area contributed by atoms with Crippen molar-refractivity contribution in [3.8, 4) is 0 Å². The van der Waals surface area contributed by atoms with E-state index in [-0.39, 0.29) is 5.78 Å². The largest absolute Gasteiger partial charge is 0.367 e. The Kier molecular flexibility index (Phi) is 5.22. The van der Waals surface area contributed by atoms with Crippen molar-refractivity contribution in [2.45, 2.75) is 19.4 Å². The predicted molar refractivity (Wildman–Crippen MR) is 77.3 cm³/mol. The van der Waals surface area contributed by atoms with Crippen LogP contribution < -0.4 is 0 Å². The maximum Gasteiger partial charge on any atom is 0.194 e. The van der Waals surface area contributed by atoms with Crippen LogP contribution in [-0.2, 0) is 4.74 Å². The van der Waals surface area contributed by atoms with Crippen LogP contribution in [0.3, 0.4) is 0 Å². The Morgan fingerprint density at radius 1 is 1.47 bits per heavy atom. The molecule has 1 unspecified atom stereocenters.